The SMILES string of the molecule is COc1cc(/C=C(\C#N)C(=O)Nc2ccc3c(c2)OCCO3)cc(Br)c1O. The molecule has 2 N–H and O–H groups in total. The molecular formula is C19H15BrN2O5. The third kappa shape index (κ3) is 4.15. The summed E-state index contributed by atoms with van der Waals surface area (Å²) in [6.45, 7) is 0.914. The van der Waals surface area contributed by atoms with E-state index in [-0.39, 0.29) is 17.1 Å². The van der Waals surface area contributed by atoms with Crippen LogP contribution in [0.25, 0.3) is 6.08 Å². The van der Waals surface area contributed by atoms with Gasteiger partial charge in [0.15, 0.2) is 23.0 Å². The largest absolute Gasteiger partial charge is 0.503 e. The lowest BCUT2D eigenvalue weighted by atomic mass is 10.1. The molecule has 7 nitrogen and oxygen atoms in total. The lowest BCUT2D eigenvalue weighted by molar-refractivity contribution is -0.112. The molecule has 0 saturated heterocycles. The Hall–Kier alpha value is -3.18. The topological polar surface area (TPSA) is 101 Å². The summed E-state index contributed by atoms with van der Waals surface area (Å²) in [6.07, 6.45) is 1.40. The van der Waals surface area contributed by atoms with Crippen LogP contribution in [0.15, 0.2) is 40.4 Å². The Labute approximate surface area is 163 Å². The average Bonchev–Trinajstić information content (AvgIpc) is 2.68. The zero-order valence-corrected chi connectivity index (χ0v) is 15.9. The summed E-state index contributed by atoms with van der Waals surface area (Å²) < 4.78 is 16.4. The molecule has 1 amide bonds. The number of halogens is 1. The number of nitrogens with one attached hydrogen (secondary N) is 1. The molecule has 8 heteroatoms. The van der Waals surface area contributed by atoms with E-state index in [2.05, 4.69) is 21.2 Å². The van der Waals surface area contributed by atoms with E-state index >= 15 is 0 Å². The van der Waals surface area contributed by atoms with E-state index < -0.39 is 5.91 Å². The van der Waals surface area contributed by atoms with Gasteiger partial charge in [0.05, 0.1) is 11.6 Å². The number of aromatic hydroxyl groups is 1. The van der Waals surface area contributed by atoms with Gasteiger partial charge in [0.2, 0.25) is 0 Å². The highest BCUT2D eigenvalue weighted by Gasteiger charge is 2.15. The van der Waals surface area contributed by atoms with Gasteiger partial charge < -0.3 is 24.6 Å². The standard InChI is InChI=1S/C19H15BrN2O5/c1-25-17-8-11(7-14(20)18(17)23)6-12(10-21)19(24)22-13-2-3-15-16(9-13)27-5-4-26-15/h2-3,6-9,23H,4-5H2,1H3,(H,22,24)/b12-6+. The third-order valence-electron chi connectivity index (χ3n) is 3.75. The van der Waals surface area contributed by atoms with E-state index in [4.69, 9.17) is 14.2 Å². The van der Waals surface area contributed by atoms with Crippen molar-refractivity contribution in [1.82, 2.24) is 0 Å². The quantitative estimate of drug-likeness (QED) is 0.568. The maximum Gasteiger partial charge on any atom is 0.266 e. The average molecular weight is 431 g/mol. The number of nitrogens with zero attached hydrogens (tertiary/aromatic N) is 1. The zero-order chi connectivity index (χ0) is 19.4. The molecule has 27 heavy (non-hydrogen) atoms. The van der Waals surface area contributed by atoms with E-state index in [1.54, 1.807) is 24.3 Å². The minimum absolute atomic E-state index is 0.0612. The number of phenols is 1. The van der Waals surface area contributed by atoms with Gasteiger partial charge in [-0.05, 0) is 51.8 Å². The van der Waals surface area contributed by atoms with Crippen LogP contribution in [0.4, 0.5) is 5.69 Å². The van der Waals surface area contributed by atoms with Crippen molar-refractivity contribution in [1.29, 1.82) is 5.26 Å². The van der Waals surface area contributed by atoms with Crippen LogP contribution in [-0.4, -0.2) is 31.3 Å². The van der Waals surface area contributed by atoms with Crippen LogP contribution < -0.4 is 19.5 Å². The van der Waals surface area contributed by atoms with E-state index in [9.17, 15) is 15.2 Å². The maximum atomic E-state index is 12.5. The molecule has 1 aliphatic rings. The Morgan fingerprint density at radius 2 is 2.04 bits per heavy atom. The Bertz CT molecular complexity index is 965. The maximum absolute atomic E-state index is 12.5. The number of amides is 1. The monoisotopic (exact) mass is 430 g/mol. The van der Waals surface area contributed by atoms with E-state index in [0.717, 1.165) is 0 Å². The first-order valence-corrected chi connectivity index (χ1v) is 8.70. The summed E-state index contributed by atoms with van der Waals surface area (Å²) in [7, 11) is 1.41. The molecule has 0 radical (unpaired) electrons. The van der Waals surface area contributed by atoms with Gasteiger partial charge in [0, 0.05) is 11.8 Å². The highest BCUT2D eigenvalue weighted by Crippen LogP contribution is 2.36. The normalized spacial score (nSPS) is 12.9. The summed E-state index contributed by atoms with van der Waals surface area (Å²) in [5.41, 5.74) is 0.893. The fraction of sp³-hybridized carbons (Fsp3) is 0.158. The van der Waals surface area contributed by atoms with Gasteiger partial charge in [-0.25, -0.2) is 0 Å². The first-order valence-electron chi connectivity index (χ1n) is 7.91. The number of ether oxygens (including phenoxy) is 3. The third-order valence-corrected chi connectivity index (χ3v) is 4.35. The van der Waals surface area contributed by atoms with Crippen LogP contribution in [0.3, 0.4) is 0 Å². The van der Waals surface area contributed by atoms with Crippen molar-refractivity contribution >= 4 is 33.6 Å². The summed E-state index contributed by atoms with van der Waals surface area (Å²) in [4.78, 5) is 12.5. The molecule has 0 aliphatic carbocycles. The van der Waals surface area contributed by atoms with E-state index in [0.29, 0.717) is 40.4 Å². The molecule has 3 rings (SSSR count). The van der Waals surface area contributed by atoms with Gasteiger partial charge >= 0.3 is 0 Å². The second kappa shape index (κ2) is 8.01. The van der Waals surface area contributed by atoms with Gasteiger partial charge in [-0.3, -0.25) is 4.79 Å². The van der Waals surface area contributed by atoms with Crippen molar-refractivity contribution < 1.29 is 24.1 Å². The number of hydrogen-bond acceptors (Lipinski definition) is 6. The number of rotatable bonds is 4. The molecule has 138 valence electrons. The molecule has 0 unspecified atom stereocenters. The summed E-state index contributed by atoms with van der Waals surface area (Å²) in [5.74, 6) is 0.733. The van der Waals surface area contributed by atoms with Gasteiger partial charge in [-0.15, -0.1) is 0 Å². The number of benzene rings is 2. The number of methoxy groups -OCH3 is 1. The van der Waals surface area contributed by atoms with Crippen molar-refractivity contribution in [2.45, 2.75) is 0 Å². The van der Waals surface area contributed by atoms with Crippen LogP contribution >= 0.6 is 15.9 Å². The Kier molecular flexibility index (Phi) is 5.52. The Morgan fingerprint density at radius 1 is 1.30 bits per heavy atom. The Morgan fingerprint density at radius 3 is 2.74 bits per heavy atom. The summed E-state index contributed by atoms with van der Waals surface area (Å²) in [5, 5.41) is 21.9. The molecule has 0 saturated carbocycles. The number of fused-ring (bicyclic) bond motifs is 1. The lowest BCUT2D eigenvalue weighted by Gasteiger charge is -2.18. The van der Waals surface area contributed by atoms with Crippen molar-refractivity contribution in [3.63, 3.8) is 0 Å². The molecule has 1 heterocycles. The number of carbonyl (C=O) groups excluding carboxylic acids is 1. The highest BCUT2D eigenvalue weighted by molar-refractivity contribution is 9.10. The molecule has 0 aromatic heterocycles. The minimum Gasteiger partial charge on any atom is -0.503 e. The molecule has 2 aromatic rings. The van der Waals surface area contributed by atoms with Crippen molar-refractivity contribution in [3.05, 3.63) is 45.9 Å². The first-order chi connectivity index (χ1) is 13.0. The van der Waals surface area contributed by atoms with Crippen molar-refractivity contribution in [2.24, 2.45) is 0 Å². The molecular weight excluding hydrogens is 416 g/mol. The predicted molar refractivity (Wildman–Crippen MR) is 102 cm³/mol. The molecule has 0 atom stereocenters. The highest BCUT2D eigenvalue weighted by atomic mass is 79.9. The lowest BCUT2D eigenvalue weighted by Crippen LogP contribution is -2.17. The van der Waals surface area contributed by atoms with Gasteiger partial charge in [0.25, 0.3) is 5.91 Å². The molecule has 0 bridgehead atoms. The fourth-order valence-electron chi connectivity index (χ4n) is 2.47. The second-order valence-electron chi connectivity index (χ2n) is 5.54. The molecule has 0 spiro atoms. The minimum atomic E-state index is -0.572. The predicted octanol–water partition coefficient (Wildman–Crippen LogP) is 3.48. The van der Waals surface area contributed by atoms with Crippen molar-refractivity contribution in [3.8, 4) is 29.1 Å². The van der Waals surface area contributed by atoms with Crippen molar-refractivity contribution in [2.75, 3.05) is 25.6 Å². The van der Waals surface area contributed by atoms with Gasteiger partial charge in [-0.1, -0.05) is 0 Å². The van der Waals surface area contributed by atoms with Crippen LogP contribution in [0.5, 0.6) is 23.0 Å². The number of phenolic OH excluding ortho intramolecular Hbond substituents is 1. The van der Waals surface area contributed by atoms with Crippen LogP contribution in [0.2, 0.25) is 0 Å². The number of hydrogen-bond donors (Lipinski definition) is 2. The number of anilines is 1. The molecule has 0 fully saturated rings. The smallest absolute Gasteiger partial charge is 0.266 e. The van der Waals surface area contributed by atoms with E-state index in [1.807, 2.05) is 6.07 Å². The number of nitriles is 1. The zero-order valence-electron chi connectivity index (χ0n) is 14.3. The van der Waals surface area contributed by atoms with Gasteiger partial charge in [0.1, 0.15) is 24.9 Å². The van der Waals surface area contributed by atoms with E-state index in [1.165, 1.54) is 19.3 Å². The van der Waals surface area contributed by atoms with Crippen LogP contribution in [0, 0.1) is 11.3 Å². The van der Waals surface area contributed by atoms with Crippen LogP contribution in [-0.2, 0) is 4.79 Å². The molecule has 1 aliphatic heterocycles. The first kappa shape index (κ1) is 18.6. The Balaban J connectivity index is 1.83. The second-order valence-corrected chi connectivity index (χ2v) is 6.39. The number of carbonyl (C=O) groups is 1. The summed E-state index contributed by atoms with van der Waals surface area (Å²) >= 11 is 3.21. The summed E-state index contributed by atoms with van der Waals surface area (Å²) in [6, 6.07) is 9.98. The van der Waals surface area contributed by atoms with Gasteiger partial charge in [-0.2, -0.15) is 5.26 Å². The fourth-order valence-corrected chi connectivity index (χ4v) is 2.93. The van der Waals surface area contributed by atoms with Crippen LogP contribution in [0.1, 0.15) is 5.56 Å². The molecule has 2 aromatic carbocycles.